The van der Waals surface area contributed by atoms with Gasteiger partial charge in [0.05, 0.1) is 0 Å². The first-order valence-electron chi connectivity index (χ1n) is 9.54. The maximum absolute atomic E-state index is 13.2. The molecule has 0 aliphatic carbocycles. The molecule has 0 bridgehead atoms. The Morgan fingerprint density at radius 1 is 1.33 bits per heavy atom. The number of carbonyl (C=O) groups excluding carboxylic acids is 1. The first-order chi connectivity index (χ1) is 12.5. The molecule has 27 heavy (non-hydrogen) atoms. The van der Waals surface area contributed by atoms with Crippen LogP contribution in [0.5, 0.6) is 0 Å². The van der Waals surface area contributed by atoms with Crippen LogP contribution in [0.2, 0.25) is 0 Å². The number of nitrogens with zero attached hydrogens (tertiary/aromatic N) is 2. The predicted octanol–water partition coefficient (Wildman–Crippen LogP) is 3.25. The first-order valence-corrected chi connectivity index (χ1v) is 9.54. The summed E-state index contributed by atoms with van der Waals surface area (Å²) in [7, 11) is 1.75. The lowest BCUT2D eigenvalue weighted by Crippen LogP contribution is -2.42. The standard InChI is InChI=1S/C20H31FN4O.HI/c1-4-18(25-13-5-6-19(25)26)10-12-24-20(22-3)23-11-9-16-7-8-17(21)14-15(16)2;/h7-8,14,18H,4-6,9-13H2,1-3H3,(H2,22,23,24);1H. The Kier molecular flexibility index (Phi) is 10.6. The molecule has 0 spiro atoms. The maximum Gasteiger partial charge on any atom is 0.222 e. The number of rotatable bonds is 8. The van der Waals surface area contributed by atoms with Crippen LogP contribution in [0.15, 0.2) is 23.2 Å². The molecular formula is C20H32FIN4O. The molecule has 0 aromatic heterocycles. The summed E-state index contributed by atoms with van der Waals surface area (Å²) in [5.74, 6) is 0.847. The van der Waals surface area contributed by atoms with Crippen LogP contribution in [0.4, 0.5) is 4.39 Å². The Morgan fingerprint density at radius 3 is 2.67 bits per heavy atom. The van der Waals surface area contributed by atoms with E-state index < -0.39 is 0 Å². The highest BCUT2D eigenvalue weighted by Crippen LogP contribution is 2.17. The molecule has 1 aromatic rings. The van der Waals surface area contributed by atoms with Gasteiger partial charge in [-0.3, -0.25) is 9.79 Å². The van der Waals surface area contributed by atoms with Crippen LogP contribution in [0, 0.1) is 12.7 Å². The summed E-state index contributed by atoms with van der Waals surface area (Å²) in [6.45, 7) is 6.46. The van der Waals surface area contributed by atoms with Crippen molar-refractivity contribution in [3.05, 3.63) is 35.1 Å². The van der Waals surface area contributed by atoms with E-state index in [1.165, 1.54) is 6.07 Å². The molecule has 152 valence electrons. The van der Waals surface area contributed by atoms with Gasteiger partial charge in [-0.15, -0.1) is 24.0 Å². The van der Waals surface area contributed by atoms with Crippen molar-refractivity contribution in [2.75, 3.05) is 26.7 Å². The van der Waals surface area contributed by atoms with Gasteiger partial charge in [-0.1, -0.05) is 13.0 Å². The third-order valence-electron chi connectivity index (χ3n) is 5.01. The van der Waals surface area contributed by atoms with Gasteiger partial charge in [0.15, 0.2) is 5.96 Å². The van der Waals surface area contributed by atoms with Gasteiger partial charge in [0.1, 0.15) is 5.82 Å². The highest BCUT2D eigenvalue weighted by Gasteiger charge is 2.26. The van der Waals surface area contributed by atoms with Gasteiger partial charge in [-0.25, -0.2) is 4.39 Å². The number of aryl methyl sites for hydroxylation is 1. The summed E-state index contributed by atoms with van der Waals surface area (Å²) >= 11 is 0. The molecule has 1 aliphatic rings. The van der Waals surface area contributed by atoms with Crippen LogP contribution in [0.25, 0.3) is 0 Å². The monoisotopic (exact) mass is 490 g/mol. The van der Waals surface area contributed by atoms with Crippen LogP contribution < -0.4 is 10.6 Å². The van der Waals surface area contributed by atoms with Crippen molar-refractivity contribution in [2.24, 2.45) is 4.99 Å². The van der Waals surface area contributed by atoms with E-state index in [0.29, 0.717) is 12.5 Å². The van der Waals surface area contributed by atoms with Crippen LogP contribution in [0.3, 0.4) is 0 Å². The molecular weight excluding hydrogens is 458 g/mol. The molecule has 5 nitrogen and oxygen atoms in total. The minimum absolute atomic E-state index is 0. The van der Waals surface area contributed by atoms with E-state index in [1.54, 1.807) is 13.1 Å². The van der Waals surface area contributed by atoms with Crippen molar-refractivity contribution in [2.45, 2.75) is 52.0 Å². The van der Waals surface area contributed by atoms with Crippen molar-refractivity contribution >= 4 is 35.8 Å². The summed E-state index contributed by atoms with van der Waals surface area (Å²) < 4.78 is 13.2. The van der Waals surface area contributed by atoms with E-state index in [1.807, 2.05) is 17.9 Å². The van der Waals surface area contributed by atoms with Crippen LogP contribution >= 0.6 is 24.0 Å². The Bertz CT molecular complexity index is 638. The number of hydrogen-bond acceptors (Lipinski definition) is 2. The lowest BCUT2D eigenvalue weighted by molar-refractivity contribution is -0.129. The number of likely N-dealkylation sites (tertiary alicyclic amines) is 1. The van der Waals surface area contributed by atoms with Crippen molar-refractivity contribution < 1.29 is 9.18 Å². The molecule has 1 atom stereocenters. The fraction of sp³-hybridized carbons (Fsp3) is 0.600. The van der Waals surface area contributed by atoms with Crippen molar-refractivity contribution in [3.8, 4) is 0 Å². The van der Waals surface area contributed by atoms with E-state index in [0.717, 1.165) is 62.4 Å². The van der Waals surface area contributed by atoms with Gasteiger partial charge < -0.3 is 15.5 Å². The van der Waals surface area contributed by atoms with Crippen molar-refractivity contribution in [3.63, 3.8) is 0 Å². The van der Waals surface area contributed by atoms with Crippen LogP contribution in [-0.2, 0) is 11.2 Å². The number of carbonyl (C=O) groups is 1. The summed E-state index contributed by atoms with van der Waals surface area (Å²) in [5, 5.41) is 6.62. The average molecular weight is 490 g/mol. The van der Waals surface area contributed by atoms with Gasteiger partial charge in [0.2, 0.25) is 5.91 Å². The summed E-state index contributed by atoms with van der Waals surface area (Å²) in [5.41, 5.74) is 2.10. The fourth-order valence-corrected chi connectivity index (χ4v) is 3.47. The molecule has 1 aromatic carbocycles. The Morgan fingerprint density at radius 2 is 2.07 bits per heavy atom. The average Bonchev–Trinajstić information content (AvgIpc) is 3.04. The second-order valence-corrected chi connectivity index (χ2v) is 6.79. The molecule has 2 N–H and O–H groups in total. The lowest BCUT2D eigenvalue weighted by Gasteiger charge is -2.27. The third kappa shape index (κ3) is 7.27. The second-order valence-electron chi connectivity index (χ2n) is 6.79. The van der Waals surface area contributed by atoms with Crippen LogP contribution in [-0.4, -0.2) is 49.5 Å². The summed E-state index contributed by atoms with van der Waals surface area (Å²) in [6, 6.07) is 5.20. The zero-order valence-corrected chi connectivity index (χ0v) is 18.9. The number of aliphatic imine (C=N–C) groups is 1. The van der Waals surface area contributed by atoms with Gasteiger partial charge in [-0.05, 0) is 55.9 Å². The fourth-order valence-electron chi connectivity index (χ4n) is 3.47. The Balaban J connectivity index is 0.00000364. The van der Waals surface area contributed by atoms with Crippen molar-refractivity contribution in [1.29, 1.82) is 0 Å². The molecule has 1 heterocycles. The minimum Gasteiger partial charge on any atom is -0.356 e. The Hall–Kier alpha value is -1.38. The van der Waals surface area contributed by atoms with Crippen LogP contribution in [0.1, 0.15) is 43.7 Å². The Labute approximate surface area is 179 Å². The highest BCUT2D eigenvalue weighted by atomic mass is 127. The van der Waals surface area contributed by atoms with E-state index in [9.17, 15) is 9.18 Å². The molecule has 1 aliphatic heterocycles. The normalized spacial score (nSPS) is 15.5. The number of benzene rings is 1. The summed E-state index contributed by atoms with van der Waals surface area (Å²) in [6.07, 6.45) is 4.38. The van der Waals surface area contributed by atoms with Crippen molar-refractivity contribution in [1.82, 2.24) is 15.5 Å². The molecule has 1 amide bonds. The van der Waals surface area contributed by atoms with Gasteiger partial charge in [0, 0.05) is 39.1 Å². The van der Waals surface area contributed by atoms with Gasteiger partial charge >= 0.3 is 0 Å². The molecule has 0 radical (unpaired) electrons. The molecule has 0 saturated carbocycles. The smallest absolute Gasteiger partial charge is 0.222 e. The number of amides is 1. The summed E-state index contributed by atoms with van der Waals surface area (Å²) in [4.78, 5) is 18.2. The largest absolute Gasteiger partial charge is 0.356 e. The zero-order valence-electron chi connectivity index (χ0n) is 16.6. The maximum atomic E-state index is 13.2. The molecule has 2 rings (SSSR count). The molecule has 1 unspecified atom stereocenters. The lowest BCUT2D eigenvalue weighted by atomic mass is 10.1. The molecule has 1 saturated heterocycles. The second kappa shape index (κ2) is 12.2. The number of hydrogen-bond donors (Lipinski definition) is 2. The quantitative estimate of drug-likeness (QED) is 0.334. The number of guanidine groups is 1. The molecule has 7 heteroatoms. The van der Waals surface area contributed by atoms with E-state index >= 15 is 0 Å². The van der Waals surface area contributed by atoms with E-state index in [4.69, 9.17) is 0 Å². The van der Waals surface area contributed by atoms with Gasteiger partial charge in [-0.2, -0.15) is 0 Å². The number of nitrogens with one attached hydrogen (secondary N) is 2. The molecule has 1 fully saturated rings. The zero-order chi connectivity index (χ0) is 18.9. The third-order valence-corrected chi connectivity index (χ3v) is 5.01. The number of halogens is 2. The van der Waals surface area contributed by atoms with E-state index in [-0.39, 0.29) is 35.7 Å². The highest BCUT2D eigenvalue weighted by molar-refractivity contribution is 14.0. The first kappa shape index (κ1) is 23.7. The topological polar surface area (TPSA) is 56.7 Å². The SMILES string of the molecule is CCC(CCNC(=NC)NCCc1ccc(F)cc1C)N1CCCC1=O.I. The predicted molar refractivity (Wildman–Crippen MR) is 119 cm³/mol. The minimum atomic E-state index is -0.196. The van der Waals surface area contributed by atoms with Gasteiger partial charge in [0.25, 0.3) is 0 Å². The van der Waals surface area contributed by atoms with E-state index in [2.05, 4.69) is 22.5 Å².